The van der Waals surface area contributed by atoms with Crippen LogP contribution in [0, 0.1) is 5.41 Å². The van der Waals surface area contributed by atoms with Gasteiger partial charge in [-0.2, -0.15) is 0 Å². The molecule has 2 saturated heterocycles. The smallest absolute Gasteiger partial charge is 0.257 e. The van der Waals surface area contributed by atoms with E-state index in [1.54, 1.807) is 12.1 Å². The summed E-state index contributed by atoms with van der Waals surface area (Å²) >= 11 is 1.46. The summed E-state index contributed by atoms with van der Waals surface area (Å²) in [6.07, 6.45) is 5.01. The summed E-state index contributed by atoms with van der Waals surface area (Å²) in [7, 11) is 0. The highest BCUT2D eigenvalue weighted by Gasteiger charge is 2.44. The Hall–Kier alpha value is -2.53. The van der Waals surface area contributed by atoms with Gasteiger partial charge in [0.05, 0.1) is 36.3 Å². The number of nitrogens with zero attached hydrogens (tertiary/aromatic N) is 2. The number of aliphatic hydroxyl groups excluding tert-OH is 1. The molecule has 5 rings (SSSR count). The van der Waals surface area contributed by atoms with Crippen LogP contribution in [0.2, 0.25) is 0 Å². The molecule has 38 heavy (non-hydrogen) atoms. The molecular weight excluding hydrogens is 507 g/mol. The zero-order valence-corrected chi connectivity index (χ0v) is 22.7. The van der Waals surface area contributed by atoms with Gasteiger partial charge in [0.25, 0.3) is 5.91 Å². The Morgan fingerprint density at radius 1 is 1.13 bits per heavy atom. The molecular formula is C28H37FN4O4S. The minimum absolute atomic E-state index is 0.0466. The Labute approximate surface area is 228 Å². The van der Waals surface area contributed by atoms with E-state index in [9.17, 15) is 9.18 Å². The predicted octanol–water partition coefficient (Wildman–Crippen LogP) is 4.44. The first-order chi connectivity index (χ1) is 18.5. The summed E-state index contributed by atoms with van der Waals surface area (Å²) in [5.74, 6) is 0.256. The van der Waals surface area contributed by atoms with Crippen molar-refractivity contribution in [3.63, 3.8) is 0 Å². The molecule has 2 heterocycles. The summed E-state index contributed by atoms with van der Waals surface area (Å²) in [5.41, 5.74) is 3.44. The maximum atomic E-state index is 13.6. The molecule has 8 nitrogen and oxygen atoms in total. The number of halogens is 1. The number of nitrogens with one attached hydrogen (secondary N) is 2. The summed E-state index contributed by atoms with van der Waals surface area (Å²) in [5, 5.41) is 12.2. The Kier molecular flexibility index (Phi) is 8.62. The third-order valence-corrected chi connectivity index (χ3v) is 8.59. The van der Waals surface area contributed by atoms with Gasteiger partial charge in [-0.3, -0.25) is 9.52 Å². The second-order valence-electron chi connectivity index (χ2n) is 10.4. The van der Waals surface area contributed by atoms with Crippen LogP contribution < -0.4 is 24.6 Å². The van der Waals surface area contributed by atoms with Crippen LogP contribution >= 0.6 is 11.9 Å². The molecule has 2 aromatic rings. The number of rotatable bonds is 10. The van der Waals surface area contributed by atoms with Crippen LogP contribution in [0.15, 0.2) is 41.3 Å². The second-order valence-corrected chi connectivity index (χ2v) is 11.4. The molecule has 3 fully saturated rings. The fourth-order valence-corrected chi connectivity index (χ4v) is 6.03. The van der Waals surface area contributed by atoms with Gasteiger partial charge in [0.2, 0.25) is 6.86 Å². The molecule has 206 valence electrons. The molecule has 1 spiro atoms. The average molecular weight is 545 g/mol. The van der Waals surface area contributed by atoms with Gasteiger partial charge in [0.15, 0.2) is 0 Å². The Bertz CT molecular complexity index is 1120. The molecule has 10 heteroatoms. The molecule has 3 N–H and O–H groups in total. The molecule has 1 aliphatic carbocycles. The number of carbonyl (C=O) groups excluding carboxylic acids is 1. The normalized spacial score (nSPS) is 20.4. The van der Waals surface area contributed by atoms with Crippen molar-refractivity contribution in [3.05, 3.63) is 42.0 Å². The predicted molar refractivity (Wildman–Crippen MR) is 149 cm³/mol. The highest BCUT2D eigenvalue weighted by molar-refractivity contribution is 7.97. The van der Waals surface area contributed by atoms with E-state index in [2.05, 4.69) is 25.9 Å². The number of piperidine rings is 1. The van der Waals surface area contributed by atoms with Crippen LogP contribution in [0.3, 0.4) is 0 Å². The number of anilines is 3. The van der Waals surface area contributed by atoms with Crippen molar-refractivity contribution in [1.29, 1.82) is 0 Å². The first-order valence-electron chi connectivity index (χ1n) is 13.4. The minimum atomic E-state index is -0.920. The van der Waals surface area contributed by atoms with Crippen molar-refractivity contribution in [2.45, 2.75) is 43.6 Å². The first-order valence-corrected chi connectivity index (χ1v) is 14.2. The van der Waals surface area contributed by atoms with Crippen molar-refractivity contribution in [1.82, 2.24) is 4.72 Å². The molecule has 2 aromatic carbocycles. The molecule has 0 bridgehead atoms. The molecule has 0 unspecified atom stereocenters. The van der Waals surface area contributed by atoms with Crippen molar-refractivity contribution in [2.75, 3.05) is 67.9 Å². The number of hydrogen-bond donors (Lipinski definition) is 3. The Morgan fingerprint density at radius 3 is 2.66 bits per heavy atom. The van der Waals surface area contributed by atoms with Crippen LogP contribution in [-0.2, 0) is 4.74 Å². The Morgan fingerprint density at radius 2 is 1.95 bits per heavy atom. The van der Waals surface area contributed by atoms with Gasteiger partial charge in [-0.05, 0) is 86.4 Å². The summed E-state index contributed by atoms with van der Waals surface area (Å²) in [4.78, 5) is 19.0. The SMILES string of the molecule is C[C@H]1CN(c2cc(NC(=O)c3ccc(SNCCO)cc3N3CCC4(CC3)CC4)ccc2OCF)CCO1. The van der Waals surface area contributed by atoms with Crippen LogP contribution in [0.4, 0.5) is 21.5 Å². The summed E-state index contributed by atoms with van der Waals surface area (Å²) in [6, 6.07) is 11.2. The number of hydrogen-bond acceptors (Lipinski definition) is 8. The molecule has 1 amide bonds. The van der Waals surface area contributed by atoms with E-state index in [1.807, 2.05) is 25.1 Å². The highest BCUT2D eigenvalue weighted by atomic mass is 32.2. The van der Waals surface area contributed by atoms with Crippen LogP contribution in [0.1, 0.15) is 43.0 Å². The number of aliphatic hydroxyl groups is 1. The second kappa shape index (κ2) is 12.1. The van der Waals surface area contributed by atoms with Crippen molar-refractivity contribution >= 4 is 34.9 Å². The van der Waals surface area contributed by atoms with Crippen LogP contribution in [0.25, 0.3) is 0 Å². The van der Waals surface area contributed by atoms with Gasteiger partial charge in [-0.1, -0.05) is 0 Å². The summed E-state index contributed by atoms with van der Waals surface area (Å²) < 4.78 is 27.1. The minimum Gasteiger partial charge on any atom is -0.461 e. The van der Waals surface area contributed by atoms with Gasteiger partial charge in [-0.15, -0.1) is 0 Å². The van der Waals surface area contributed by atoms with Gasteiger partial charge >= 0.3 is 0 Å². The van der Waals surface area contributed by atoms with E-state index >= 15 is 0 Å². The third kappa shape index (κ3) is 6.36. The maximum absolute atomic E-state index is 13.6. The number of amides is 1. The number of carbonyl (C=O) groups is 1. The summed E-state index contributed by atoms with van der Waals surface area (Å²) in [6.45, 7) is 5.40. The van der Waals surface area contributed by atoms with E-state index in [0.717, 1.165) is 42.2 Å². The van der Waals surface area contributed by atoms with Crippen molar-refractivity contribution < 1.29 is 23.8 Å². The van der Waals surface area contributed by atoms with Gasteiger partial charge < -0.3 is 29.7 Å². The lowest BCUT2D eigenvalue weighted by molar-refractivity contribution is 0.0529. The lowest BCUT2D eigenvalue weighted by Crippen LogP contribution is -2.41. The number of ether oxygens (including phenoxy) is 2. The lowest BCUT2D eigenvalue weighted by Gasteiger charge is -2.35. The fraction of sp³-hybridized carbons (Fsp3) is 0.536. The van der Waals surface area contributed by atoms with Crippen molar-refractivity contribution in [2.24, 2.45) is 5.41 Å². The van der Waals surface area contributed by atoms with Crippen molar-refractivity contribution in [3.8, 4) is 5.75 Å². The topological polar surface area (TPSA) is 86.3 Å². The Balaban J connectivity index is 1.38. The number of morpholine rings is 1. The third-order valence-electron chi connectivity index (χ3n) is 7.75. The molecule has 1 saturated carbocycles. The molecule has 0 radical (unpaired) electrons. The molecule has 3 aliphatic rings. The van der Waals surface area contributed by atoms with Crippen LogP contribution in [0.5, 0.6) is 5.75 Å². The first kappa shape index (κ1) is 27.1. The van der Waals surface area contributed by atoms with Crippen LogP contribution in [-0.4, -0.2) is 69.9 Å². The van der Waals surface area contributed by atoms with Gasteiger partial charge in [-0.25, -0.2) is 4.39 Å². The highest BCUT2D eigenvalue weighted by Crippen LogP contribution is 2.54. The fourth-order valence-electron chi connectivity index (χ4n) is 5.37. The molecule has 1 atom stereocenters. The maximum Gasteiger partial charge on any atom is 0.257 e. The van der Waals surface area contributed by atoms with E-state index in [4.69, 9.17) is 14.6 Å². The van der Waals surface area contributed by atoms with E-state index < -0.39 is 6.86 Å². The number of benzene rings is 2. The van der Waals surface area contributed by atoms with E-state index in [0.29, 0.717) is 48.7 Å². The monoisotopic (exact) mass is 544 g/mol. The van der Waals surface area contributed by atoms with E-state index in [1.165, 1.54) is 24.8 Å². The molecule has 2 aliphatic heterocycles. The van der Waals surface area contributed by atoms with Gasteiger partial charge in [0.1, 0.15) is 5.75 Å². The quantitative estimate of drug-likeness (QED) is 0.299. The van der Waals surface area contributed by atoms with Gasteiger partial charge in [0, 0.05) is 43.3 Å². The standard InChI is InChI=1S/C28H37FN4O4S/c1-20-18-33(13-15-36-20)25-16-21(2-5-26(25)37-19-29)31-27(35)23-4-3-22(38-30-10-14-34)17-24(23)32-11-8-28(6-7-28)9-12-32/h2-5,16-17,20,30,34H,6-15,18-19H2,1H3,(H,31,35)/t20-/m0/s1. The zero-order chi connectivity index (χ0) is 26.5. The zero-order valence-electron chi connectivity index (χ0n) is 21.9. The largest absolute Gasteiger partial charge is 0.461 e. The lowest BCUT2D eigenvalue weighted by atomic mass is 9.93. The number of alkyl halides is 1. The van der Waals surface area contributed by atoms with E-state index in [-0.39, 0.29) is 18.6 Å². The molecule has 0 aromatic heterocycles. The average Bonchev–Trinajstić information content (AvgIpc) is 3.68.